The minimum Gasteiger partial charge on any atom is -0.508 e. The number of rotatable bonds is 3. The zero-order chi connectivity index (χ0) is 12.5. The first-order valence-corrected chi connectivity index (χ1v) is 6.29. The van der Waals surface area contributed by atoms with Gasteiger partial charge in [0.15, 0.2) is 5.03 Å². The van der Waals surface area contributed by atoms with Gasteiger partial charge in [-0.1, -0.05) is 0 Å². The number of sulfonamides is 1. The molecule has 0 aliphatic heterocycles. The van der Waals surface area contributed by atoms with Crippen molar-refractivity contribution in [3.63, 3.8) is 0 Å². The van der Waals surface area contributed by atoms with E-state index in [1.165, 1.54) is 30.5 Å². The van der Waals surface area contributed by atoms with E-state index in [4.69, 9.17) is 0 Å². The van der Waals surface area contributed by atoms with E-state index < -0.39 is 10.0 Å². The molecule has 17 heavy (non-hydrogen) atoms. The normalized spacial score (nSPS) is 11.4. The van der Waals surface area contributed by atoms with Gasteiger partial charge in [0, 0.05) is 0 Å². The Morgan fingerprint density at radius 3 is 2.71 bits per heavy atom. The van der Waals surface area contributed by atoms with E-state index in [1.807, 2.05) is 0 Å². The number of aryl methyl sites for hydroxylation is 1. The summed E-state index contributed by atoms with van der Waals surface area (Å²) in [4.78, 5) is 0. The molecule has 3 N–H and O–H groups in total. The molecule has 90 valence electrons. The van der Waals surface area contributed by atoms with E-state index in [1.54, 1.807) is 6.92 Å². The van der Waals surface area contributed by atoms with Crippen molar-refractivity contribution in [2.45, 2.75) is 11.9 Å². The van der Waals surface area contributed by atoms with Crippen molar-refractivity contribution in [2.75, 3.05) is 4.72 Å². The first kappa shape index (κ1) is 11.5. The van der Waals surface area contributed by atoms with E-state index in [-0.39, 0.29) is 10.8 Å². The van der Waals surface area contributed by atoms with Gasteiger partial charge in [-0.25, -0.2) is 0 Å². The van der Waals surface area contributed by atoms with Gasteiger partial charge in [-0.05, 0) is 36.8 Å². The second-order valence-corrected chi connectivity index (χ2v) is 5.18. The summed E-state index contributed by atoms with van der Waals surface area (Å²) in [6.07, 6.45) is 1.36. The van der Waals surface area contributed by atoms with Crippen molar-refractivity contribution >= 4 is 15.7 Å². The lowest BCUT2D eigenvalue weighted by Crippen LogP contribution is -2.14. The quantitative estimate of drug-likeness (QED) is 0.717. The van der Waals surface area contributed by atoms with Gasteiger partial charge in [0.05, 0.1) is 11.9 Å². The van der Waals surface area contributed by atoms with Crippen LogP contribution in [0.1, 0.15) is 5.56 Å². The number of aromatic nitrogens is 2. The predicted octanol–water partition coefficient (Wildman–Crippen LogP) is 1.22. The molecule has 7 heteroatoms. The molecule has 0 aliphatic rings. The minimum absolute atomic E-state index is 0.00928. The first-order valence-electron chi connectivity index (χ1n) is 4.81. The third-order valence-electron chi connectivity index (χ3n) is 2.22. The number of phenolic OH excluding ortho intramolecular Hbond substituents is 1. The van der Waals surface area contributed by atoms with Crippen LogP contribution in [0, 0.1) is 6.92 Å². The molecule has 0 saturated heterocycles. The van der Waals surface area contributed by atoms with Gasteiger partial charge in [-0.15, -0.1) is 0 Å². The van der Waals surface area contributed by atoms with Crippen molar-refractivity contribution in [3.8, 4) is 5.75 Å². The number of anilines is 1. The molecule has 1 aromatic carbocycles. The van der Waals surface area contributed by atoms with Gasteiger partial charge in [0.2, 0.25) is 0 Å². The minimum atomic E-state index is -3.66. The molecular weight excluding hydrogens is 242 g/mol. The smallest absolute Gasteiger partial charge is 0.278 e. The fourth-order valence-electron chi connectivity index (χ4n) is 1.35. The fourth-order valence-corrected chi connectivity index (χ4v) is 2.40. The Morgan fingerprint density at radius 1 is 1.35 bits per heavy atom. The molecule has 0 spiro atoms. The van der Waals surface area contributed by atoms with Crippen molar-refractivity contribution < 1.29 is 13.5 Å². The summed E-state index contributed by atoms with van der Waals surface area (Å²) in [5.74, 6) is 0.0898. The number of H-pyrrole nitrogens is 1. The fraction of sp³-hybridized carbons (Fsp3) is 0.100. The lowest BCUT2D eigenvalue weighted by atomic mass is 10.2. The maximum absolute atomic E-state index is 11.9. The van der Waals surface area contributed by atoms with Crippen molar-refractivity contribution in [1.82, 2.24) is 10.2 Å². The van der Waals surface area contributed by atoms with Crippen LogP contribution >= 0.6 is 0 Å². The Bertz CT molecular complexity index is 620. The van der Waals surface area contributed by atoms with Crippen LogP contribution in [-0.2, 0) is 10.0 Å². The zero-order valence-electron chi connectivity index (χ0n) is 9.01. The van der Waals surface area contributed by atoms with E-state index in [2.05, 4.69) is 14.9 Å². The molecule has 1 heterocycles. The number of nitrogens with zero attached hydrogens (tertiary/aromatic N) is 1. The van der Waals surface area contributed by atoms with E-state index >= 15 is 0 Å². The third-order valence-corrected chi connectivity index (χ3v) is 3.51. The van der Waals surface area contributed by atoms with Crippen LogP contribution < -0.4 is 4.72 Å². The Labute approximate surface area is 98.4 Å². The molecule has 2 rings (SSSR count). The van der Waals surface area contributed by atoms with Crippen LogP contribution in [0.25, 0.3) is 0 Å². The summed E-state index contributed by atoms with van der Waals surface area (Å²) in [7, 11) is -3.66. The van der Waals surface area contributed by atoms with Gasteiger partial charge in [-0.3, -0.25) is 9.82 Å². The van der Waals surface area contributed by atoms with E-state index in [0.717, 1.165) is 0 Å². The molecule has 0 saturated carbocycles. The Balaban J connectivity index is 2.33. The zero-order valence-corrected chi connectivity index (χ0v) is 9.82. The summed E-state index contributed by atoms with van der Waals surface area (Å²) < 4.78 is 26.1. The van der Waals surface area contributed by atoms with E-state index in [0.29, 0.717) is 11.3 Å². The number of aromatic amines is 1. The van der Waals surface area contributed by atoms with Crippen LogP contribution in [0.5, 0.6) is 5.75 Å². The van der Waals surface area contributed by atoms with Crippen LogP contribution in [-0.4, -0.2) is 23.7 Å². The number of hydrogen-bond acceptors (Lipinski definition) is 4. The predicted molar refractivity (Wildman–Crippen MR) is 62.2 cm³/mol. The monoisotopic (exact) mass is 253 g/mol. The van der Waals surface area contributed by atoms with Crippen molar-refractivity contribution in [1.29, 1.82) is 0 Å². The molecule has 2 aromatic rings. The number of nitrogens with one attached hydrogen (secondary N) is 2. The molecule has 0 amide bonds. The molecule has 0 fully saturated rings. The summed E-state index contributed by atoms with van der Waals surface area (Å²) in [5, 5.41) is 15.2. The number of hydrogen-bond donors (Lipinski definition) is 3. The molecule has 0 unspecified atom stereocenters. The summed E-state index contributed by atoms with van der Waals surface area (Å²) in [6.45, 7) is 1.70. The Kier molecular flexibility index (Phi) is 2.76. The molecule has 0 radical (unpaired) electrons. The molecule has 0 aliphatic carbocycles. The number of aromatic hydroxyl groups is 1. The van der Waals surface area contributed by atoms with Gasteiger partial charge >= 0.3 is 0 Å². The first-order chi connectivity index (χ1) is 7.99. The van der Waals surface area contributed by atoms with Crippen LogP contribution in [0.3, 0.4) is 0 Å². The highest BCUT2D eigenvalue weighted by molar-refractivity contribution is 7.92. The number of phenols is 1. The third kappa shape index (κ3) is 2.39. The highest BCUT2D eigenvalue weighted by atomic mass is 32.2. The maximum Gasteiger partial charge on any atom is 0.278 e. The van der Waals surface area contributed by atoms with Gasteiger partial charge in [-0.2, -0.15) is 13.5 Å². The average molecular weight is 253 g/mol. The van der Waals surface area contributed by atoms with Gasteiger partial charge in [0.25, 0.3) is 10.0 Å². The second kappa shape index (κ2) is 4.10. The molecule has 1 aromatic heterocycles. The topological polar surface area (TPSA) is 95.1 Å². The van der Waals surface area contributed by atoms with Crippen LogP contribution in [0.2, 0.25) is 0 Å². The van der Waals surface area contributed by atoms with Crippen molar-refractivity contribution in [2.24, 2.45) is 0 Å². The van der Waals surface area contributed by atoms with Crippen LogP contribution in [0.15, 0.2) is 35.5 Å². The van der Waals surface area contributed by atoms with Gasteiger partial charge in [0.1, 0.15) is 5.75 Å². The SMILES string of the molecule is Cc1cc(O)ccc1NS(=O)(=O)c1ccn[nH]1. The molecule has 0 bridgehead atoms. The largest absolute Gasteiger partial charge is 0.508 e. The second-order valence-electron chi connectivity index (χ2n) is 3.53. The lowest BCUT2D eigenvalue weighted by Gasteiger charge is -2.09. The summed E-state index contributed by atoms with van der Waals surface area (Å²) >= 11 is 0. The van der Waals surface area contributed by atoms with Crippen molar-refractivity contribution in [3.05, 3.63) is 36.0 Å². The molecular formula is C10H11N3O3S. The highest BCUT2D eigenvalue weighted by Crippen LogP contribution is 2.22. The van der Waals surface area contributed by atoms with Crippen LogP contribution in [0.4, 0.5) is 5.69 Å². The highest BCUT2D eigenvalue weighted by Gasteiger charge is 2.16. The Hall–Kier alpha value is -2.02. The Morgan fingerprint density at radius 2 is 2.12 bits per heavy atom. The average Bonchev–Trinajstić information content (AvgIpc) is 2.76. The van der Waals surface area contributed by atoms with Gasteiger partial charge < -0.3 is 5.11 Å². The molecule has 6 nitrogen and oxygen atoms in total. The lowest BCUT2D eigenvalue weighted by molar-refractivity contribution is 0.475. The number of benzene rings is 1. The molecule has 0 atom stereocenters. The maximum atomic E-state index is 11.9. The summed E-state index contributed by atoms with van der Waals surface area (Å²) in [5.41, 5.74) is 1.05. The van der Waals surface area contributed by atoms with E-state index in [9.17, 15) is 13.5 Å². The summed E-state index contributed by atoms with van der Waals surface area (Å²) in [6, 6.07) is 5.75. The standard InChI is InChI=1S/C10H11N3O3S/c1-7-6-8(14)2-3-9(7)13-17(15,16)10-4-5-11-12-10/h2-6,13-14H,1H3,(H,11,12).